The van der Waals surface area contributed by atoms with Crippen LogP contribution in [0.4, 0.5) is 4.79 Å². The second-order valence-electron chi connectivity index (χ2n) is 3.46. The normalized spacial score (nSPS) is 12.8. The number of carbonyl (C=O) groups excluding carboxylic acids is 1. The fourth-order valence-electron chi connectivity index (χ4n) is 0.931. The van der Waals surface area contributed by atoms with Crippen LogP contribution in [-0.4, -0.2) is 61.8 Å². The SMILES string of the molecule is CS(=O)(=O)CCCNC(=O)NC(CO)C(=O)O. The Labute approximate surface area is 98.9 Å². The standard InChI is InChI=1S/C8H16N2O6S/c1-17(15,16)4-2-3-9-8(14)10-6(5-11)7(12)13/h6,11H,2-5H2,1H3,(H,12,13)(H2,9,10,14). The molecule has 0 bridgehead atoms. The van der Waals surface area contributed by atoms with Crippen LogP contribution in [0.1, 0.15) is 6.42 Å². The van der Waals surface area contributed by atoms with Gasteiger partial charge >= 0.3 is 12.0 Å². The molecule has 0 saturated heterocycles. The van der Waals surface area contributed by atoms with Crippen molar-refractivity contribution in [3.63, 3.8) is 0 Å². The van der Waals surface area contributed by atoms with Gasteiger partial charge in [0, 0.05) is 12.8 Å². The topological polar surface area (TPSA) is 133 Å². The third-order valence-corrected chi connectivity index (χ3v) is 2.79. The second-order valence-corrected chi connectivity index (χ2v) is 5.72. The third-order valence-electron chi connectivity index (χ3n) is 1.76. The molecule has 0 aromatic carbocycles. The van der Waals surface area contributed by atoms with E-state index < -0.39 is 34.5 Å². The first-order chi connectivity index (χ1) is 7.76. The van der Waals surface area contributed by atoms with Gasteiger partial charge in [-0.1, -0.05) is 0 Å². The van der Waals surface area contributed by atoms with Crippen LogP contribution in [0.3, 0.4) is 0 Å². The van der Waals surface area contributed by atoms with Crippen molar-refractivity contribution in [1.29, 1.82) is 0 Å². The minimum absolute atomic E-state index is 0.0599. The van der Waals surface area contributed by atoms with E-state index in [9.17, 15) is 18.0 Å². The summed E-state index contributed by atoms with van der Waals surface area (Å²) in [6.45, 7) is -0.608. The van der Waals surface area contributed by atoms with E-state index in [-0.39, 0.29) is 18.7 Å². The van der Waals surface area contributed by atoms with E-state index in [2.05, 4.69) is 5.32 Å². The van der Waals surface area contributed by atoms with Crippen molar-refractivity contribution >= 4 is 21.8 Å². The van der Waals surface area contributed by atoms with E-state index in [0.717, 1.165) is 6.26 Å². The van der Waals surface area contributed by atoms with E-state index in [0.29, 0.717) is 0 Å². The minimum Gasteiger partial charge on any atom is -0.480 e. The lowest BCUT2D eigenvalue weighted by Gasteiger charge is -2.12. The van der Waals surface area contributed by atoms with Crippen molar-refractivity contribution in [2.45, 2.75) is 12.5 Å². The maximum atomic E-state index is 11.1. The Morgan fingerprint density at radius 1 is 1.35 bits per heavy atom. The predicted octanol–water partition coefficient (Wildman–Crippen LogP) is -1.83. The summed E-state index contributed by atoms with van der Waals surface area (Å²) in [6.07, 6.45) is 1.32. The summed E-state index contributed by atoms with van der Waals surface area (Å²) in [6, 6.07) is -2.13. The molecule has 0 aliphatic heterocycles. The van der Waals surface area contributed by atoms with Gasteiger partial charge in [0.25, 0.3) is 0 Å². The van der Waals surface area contributed by atoms with E-state index in [4.69, 9.17) is 10.2 Å². The summed E-state index contributed by atoms with van der Waals surface area (Å²) in [5.41, 5.74) is 0. The Balaban J connectivity index is 3.84. The highest BCUT2D eigenvalue weighted by atomic mass is 32.2. The number of aliphatic carboxylic acids is 1. The van der Waals surface area contributed by atoms with Crippen molar-refractivity contribution in [1.82, 2.24) is 10.6 Å². The highest BCUT2D eigenvalue weighted by molar-refractivity contribution is 7.90. The molecule has 0 heterocycles. The van der Waals surface area contributed by atoms with Gasteiger partial charge < -0.3 is 20.8 Å². The van der Waals surface area contributed by atoms with Gasteiger partial charge in [-0.25, -0.2) is 18.0 Å². The van der Waals surface area contributed by atoms with Gasteiger partial charge in [-0.05, 0) is 6.42 Å². The molecule has 100 valence electrons. The molecule has 9 heteroatoms. The summed E-state index contributed by atoms with van der Waals surface area (Å²) in [4.78, 5) is 21.5. The maximum absolute atomic E-state index is 11.1. The highest BCUT2D eigenvalue weighted by Gasteiger charge is 2.18. The first-order valence-corrected chi connectivity index (χ1v) is 6.88. The molecule has 0 spiro atoms. The summed E-state index contributed by atoms with van der Waals surface area (Å²) < 4.78 is 21.5. The molecule has 4 N–H and O–H groups in total. The van der Waals surface area contributed by atoms with Crippen LogP contribution in [0.2, 0.25) is 0 Å². The number of sulfone groups is 1. The highest BCUT2D eigenvalue weighted by Crippen LogP contribution is 1.87. The molecule has 0 saturated carbocycles. The van der Waals surface area contributed by atoms with E-state index in [1.807, 2.05) is 5.32 Å². The average Bonchev–Trinajstić information content (AvgIpc) is 2.19. The molecule has 8 nitrogen and oxygen atoms in total. The summed E-state index contributed by atoms with van der Waals surface area (Å²) in [7, 11) is -3.07. The Morgan fingerprint density at radius 3 is 2.35 bits per heavy atom. The number of rotatable bonds is 7. The molecule has 0 fully saturated rings. The van der Waals surface area contributed by atoms with Crippen LogP contribution in [0, 0.1) is 0 Å². The first-order valence-electron chi connectivity index (χ1n) is 4.82. The maximum Gasteiger partial charge on any atom is 0.328 e. The molecule has 0 rings (SSSR count). The lowest BCUT2D eigenvalue weighted by atomic mass is 10.3. The molecule has 0 radical (unpaired) electrons. The smallest absolute Gasteiger partial charge is 0.328 e. The Kier molecular flexibility index (Phi) is 6.51. The Hall–Kier alpha value is -1.35. The Morgan fingerprint density at radius 2 is 1.94 bits per heavy atom. The number of carboxylic acids is 1. The van der Waals surface area contributed by atoms with Crippen LogP contribution in [0.5, 0.6) is 0 Å². The zero-order valence-corrected chi connectivity index (χ0v) is 10.2. The van der Waals surface area contributed by atoms with Crippen LogP contribution >= 0.6 is 0 Å². The van der Waals surface area contributed by atoms with Gasteiger partial charge in [0.05, 0.1) is 12.4 Å². The zero-order chi connectivity index (χ0) is 13.5. The van der Waals surface area contributed by atoms with Gasteiger partial charge in [0.2, 0.25) is 0 Å². The molecular formula is C8H16N2O6S. The van der Waals surface area contributed by atoms with E-state index in [1.165, 1.54) is 0 Å². The lowest BCUT2D eigenvalue weighted by molar-refractivity contribution is -0.140. The monoisotopic (exact) mass is 268 g/mol. The van der Waals surface area contributed by atoms with E-state index >= 15 is 0 Å². The summed E-state index contributed by atoms with van der Waals surface area (Å²) in [5, 5.41) is 21.4. The van der Waals surface area contributed by atoms with Gasteiger partial charge in [0.1, 0.15) is 9.84 Å². The quantitative estimate of drug-likeness (QED) is 0.401. The predicted molar refractivity (Wildman–Crippen MR) is 59.4 cm³/mol. The lowest BCUT2D eigenvalue weighted by Crippen LogP contribution is -2.48. The summed E-state index contributed by atoms with van der Waals surface area (Å²) in [5.74, 6) is -1.41. The minimum atomic E-state index is -3.07. The van der Waals surface area contributed by atoms with Gasteiger partial charge in [-0.2, -0.15) is 0 Å². The number of hydrogen-bond donors (Lipinski definition) is 4. The van der Waals surface area contributed by atoms with Gasteiger partial charge in [-0.15, -0.1) is 0 Å². The number of amides is 2. The number of aliphatic hydroxyl groups excluding tert-OH is 1. The summed E-state index contributed by atoms with van der Waals surface area (Å²) >= 11 is 0. The number of urea groups is 1. The fourth-order valence-corrected chi connectivity index (χ4v) is 1.60. The molecule has 0 aromatic rings. The molecule has 1 unspecified atom stereocenters. The number of nitrogens with one attached hydrogen (secondary N) is 2. The van der Waals surface area contributed by atoms with E-state index in [1.54, 1.807) is 0 Å². The number of aliphatic hydroxyl groups is 1. The van der Waals surface area contributed by atoms with Crippen LogP contribution < -0.4 is 10.6 Å². The van der Waals surface area contributed by atoms with Crippen molar-refractivity contribution in [2.75, 3.05) is 25.2 Å². The largest absolute Gasteiger partial charge is 0.480 e. The molecule has 0 aliphatic rings. The number of hydrogen-bond acceptors (Lipinski definition) is 5. The second kappa shape index (κ2) is 7.07. The van der Waals surface area contributed by atoms with Crippen LogP contribution in [0.25, 0.3) is 0 Å². The third kappa shape index (κ3) is 8.46. The van der Waals surface area contributed by atoms with Crippen LogP contribution in [0.15, 0.2) is 0 Å². The van der Waals surface area contributed by atoms with Gasteiger partial charge in [0.15, 0.2) is 6.04 Å². The molecule has 0 aliphatic carbocycles. The van der Waals surface area contributed by atoms with Crippen molar-refractivity contribution in [2.24, 2.45) is 0 Å². The van der Waals surface area contributed by atoms with Crippen molar-refractivity contribution in [3.8, 4) is 0 Å². The average molecular weight is 268 g/mol. The zero-order valence-electron chi connectivity index (χ0n) is 9.34. The van der Waals surface area contributed by atoms with Crippen molar-refractivity contribution < 1.29 is 28.2 Å². The molecule has 2 amide bonds. The number of carbonyl (C=O) groups is 2. The molecular weight excluding hydrogens is 252 g/mol. The Bertz CT molecular complexity index is 366. The molecule has 0 aromatic heterocycles. The number of carboxylic acid groups (broad SMARTS) is 1. The van der Waals surface area contributed by atoms with Gasteiger partial charge in [-0.3, -0.25) is 0 Å². The van der Waals surface area contributed by atoms with Crippen LogP contribution in [-0.2, 0) is 14.6 Å². The molecule has 17 heavy (non-hydrogen) atoms. The van der Waals surface area contributed by atoms with Crippen molar-refractivity contribution in [3.05, 3.63) is 0 Å². The molecule has 1 atom stereocenters. The fraction of sp³-hybridized carbons (Fsp3) is 0.750. The first kappa shape index (κ1) is 15.7.